The van der Waals surface area contributed by atoms with E-state index in [2.05, 4.69) is 23.6 Å². The second kappa shape index (κ2) is 7.10. The lowest BCUT2D eigenvalue weighted by molar-refractivity contribution is 0.0954. The number of rotatable bonds is 5. The van der Waals surface area contributed by atoms with Crippen molar-refractivity contribution >= 4 is 5.91 Å². The standard InChI is InChI=1S/C16H22N2O/c1-2-13-3-5-15(6-4-13)16(19)18-12-9-14-7-10-17-11-8-14/h3-7,17H,2,8-12H2,1H3,(H,18,19). The van der Waals surface area contributed by atoms with Crippen molar-refractivity contribution < 1.29 is 4.79 Å². The fourth-order valence-corrected chi connectivity index (χ4v) is 2.23. The molecule has 102 valence electrons. The van der Waals surface area contributed by atoms with Crippen molar-refractivity contribution in [1.29, 1.82) is 0 Å². The normalized spacial score (nSPS) is 14.9. The highest BCUT2D eigenvalue weighted by atomic mass is 16.1. The Labute approximate surface area is 115 Å². The summed E-state index contributed by atoms with van der Waals surface area (Å²) in [4.78, 5) is 11.9. The van der Waals surface area contributed by atoms with Crippen LogP contribution in [-0.2, 0) is 6.42 Å². The molecule has 0 saturated heterocycles. The van der Waals surface area contributed by atoms with Crippen LogP contribution in [0.2, 0.25) is 0 Å². The van der Waals surface area contributed by atoms with Crippen LogP contribution in [0.3, 0.4) is 0 Å². The number of nitrogens with one attached hydrogen (secondary N) is 2. The lowest BCUT2D eigenvalue weighted by Crippen LogP contribution is -2.26. The number of benzene rings is 1. The molecule has 3 nitrogen and oxygen atoms in total. The fourth-order valence-electron chi connectivity index (χ4n) is 2.23. The van der Waals surface area contributed by atoms with Gasteiger partial charge in [0.1, 0.15) is 0 Å². The molecule has 0 bridgehead atoms. The highest BCUT2D eigenvalue weighted by molar-refractivity contribution is 5.94. The van der Waals surface area contributed by atoms with Crippen LogP contribution in [-0.4, -0.2) is 25.5 Å². The number of hydrogen-bond donors (Lipinski definition) is 2. The van der Waals surface area contributed by atoms with Crippen LogP contribution in [0.1, 0.15) is 35.7 Å². The van der Waals surface area contributed by atoms with Crippen molar-refractivity contribution in [3.8, 4) is 0 Å². The number of carbonyl (C=O) groups excluding carboxylic acids is 1. The van der Waals surface area contributed by atoms with Gasteiger partial charge in [-0.2, -0.15) is 0 Å². The van der Waals surface area contributed by atoms with Crippen LogP contribution < -0.4 is 10.6 Å². The smallest absolute Gasteiger partial charge is 0.251 e. The Hall–Kier alpha value is -1.61. The van der Waals surface area contributed by atoms with E-state index in [1.165, 1.54) is 11.1 Å². The molecule has 1 amide bonds. The summed E-state index contributed by atoms with van der Waals surface area (Å²) in [5.74, 6) is 0.0252. The maximum atomic E-state index is 11.9. The number of aryl methyl sites for hydroxylation is 1. The fraction of sp³-hybridized carbons (Fsp3) is 0.438. The average molecular weight is 258 g/mol. The van der Waals surface area contributed by atoms with E-state index in [0.717, 1.165) is 44.5 Å². The lowest BCUT2D eigenvalue weighted by Gasteiger charge is -2.14. The first-order valence-electron chi connectivity index (χ1n) is 7.05. The summed E-state index contributed by atoms with van der Waals surface area (Å²) in [6.45, 7) is 4.85. The van der Waals surface area contributed by atoms with E-state index < -0.39 is 0 Å². The SMILES string of the molecule is CCc1ccc(C(=O)NCCC2=CCNCC2)cc1. The summed E-state index contributed by atoms with van der Waals surface area (Å²) < 4.78 is 0. The van der Waals surface area contributed by atoms with Gasteiger partial charge in [-0.3, -0.25) is 4.79 Å². The summed E-state index contributed by atoms with van der Waals surface area (Å²) in [5.41, 5.74) is 3.45. The monoisotopic (exact) mass is 258 g/mol. The first-order chi connectivity index (χ1) is 9.29. The van der Waals surface area contributed by atoms with Crippen molar-refractivity contribution in [2.75, 3.05) is 19.6 Å². The van der Waals surface area contributed by atoms with Gasteiger partial charge in [0, 0.05) is 18.7 Å². The molecule has 0 spiro atoms. The van der Waals surface area contributed by atoms with Crippen LogP contribution in [0.4, 0.5) is 0 Å². The zero-order valence-corrected chi connectivity index (χ0v) is 11.5. The predicted octanol–water partition coefficient (Wildman–Crippen LogP) is 2.29. The molecule has 0 radical (unpaired) electrons. The molecule has 3 heteroatoms. The third kappa shape index (κ3) is 4.21. The molecule has 1 aliphatic rings. The van der Waals surface area contributed by atoms with Crippen molar-refractivity contribution in [3.63, 3.8) is 0 Å². The Bertz CT molecular complexity index is 448. The van der Waals surface area contributed by atoms with E-state index in [9.17, 15) is 4.79 Å². The number of carbonyl (C=O) groups is 1. The van der Waals surface area contributed by atoms with Gasteiger partial charge in [0.2, 0.25) is 0 Å². The van der Waals surface area contributed by atoms with Crippen molar-refractivity contribution in [3.05, 3.63) is 47.0 Å². The topological polar surface area (TPSA) is 41.1 Å². The molecule has 0 fully saturated rings. The van der Waals surface area contributed by atoms with E-state index in [1.807, 2.05) is 24.3 Å². The first kappa shape index (κ1) is 13.8. The minimum atomic E-state index is 0.0252. The van der Waals surface area contributed by atoms with Gasteiger partial charge < -0.3 is 10.6 Å². The van der Waals surface area contributed by atoms with Crippen LogP contribution in [0, 0.1) is 0 Å². The minimum Gasteiger partial charge on any atom is -0.352 e. The highest BCUT2D eigenvalue weighted by Gasteiger charge is 2.06. The van der Waals surface area contributed by atoms with Crippen LogP contribution in [0.5, 0.6) is 0 Å². The van der Waals surface area contributed by atoms with Gasteiger partial charge in [0.05, 0.1) is 0 Å². The van der Waals surface area contributed by atoms with Gasteiger partial charge >= 0.3 is 0 Å². The summed E-state index contributed by atoms with van der Waals surface area (Å²) in [7, 11) is 0. The molecule has 0 unspecified atom stereocenters. The Morgan fingerprint density at radius 2 is 2.11 bits per heavy atom. The highest BCUT2D eigenvalue weighted by Crippen LogP contribution is 2.09. The molecule has 0 saturated carbocycles. The van der Waals surface area contributed by atoms with Gasteiger partial charge in [-0.1, -0.05) is 30.7 Å². The quantitative estimate of drug-likeness (QED) is 0.796. The second-order valence-corrected chi connectivity index (χ2v) is 4.87. The summed E-state index contributed by atoms with van der Waals surface area (Å²) >= 11 is 0. The van der Waals surface area contributed by atoms with E-state index in [4.69, 9.17) is 0 Å². The Kier molecular flexibility index (Phi) is 5.16. The molecule has 1 aromatic rings. The molecule has 0 aromatic heterocycles. The van der Waals surface area contributed by atoms with Gasteiger partial charge in [-0.05, 0) is 43.5 Å². The largest absolute Gasteiger partial charge is 0.352 e. The van der Waals surface area contributed by atoms with E-state index in [1.54, 1.807) is 0 Å². The third-order valence-electron chi connectivity index (χ3n) is 3.51. The molecular weight excluding hydrogens is 236 g/mol. The van der Waals surface area contributed by atoms with Crippen LogP contribution >= 0.6 is 0 Å². The number of amides is 1. The van der Waals surface area contributed by atoms with E-state index >= 15 is 0 Å². The van der Waals surface area contributed by atoms with E-state index in [0.29, 0.717) is 0 Å². The minimum absolute atomic E-state index is 0.0252. The average Bonchev–Trinajstić information content (AvgIpc) is 2.48. The third-order valence-corrected chi connectivity index (χ3v) is 3.51. The van der Waals surface area contributed by atoms with Gasteiger partial charge in [-0.15, -0.1) is 0 Å². The second-order valence-electron chi connectivity index (χ2n) is 4.87. The molecule has 1 heterocycles. The Morgan fingerprint density at radius 3 is 2.74 bits per heavy atom. The molecule has 2 N–H and O–H groups in total. The zero-order chi connectivity index (χ0) is 13.5. The summed E-state index contributed by atoms with van der Waals surface area (Å²) in [6, 6.07) is 7.84. The summed E-state index contributed by atoms with van der Waals surface area (Å²) in [5, 5.41) is 6.27. The molecule has 0 atom stereocenters. The Balaban J connectivity index is 1.78. The molecule has 1 aliphatic heterocycles. The molecule has 2 rings (SSSR count). The van der Waals surface area contributed by atoms with Crippen molar-refractivity contribution in [2.45, 2.75) is 26.2 Å². The maximum Gasteiger partial charge on any atom is 0.251 e. The van der Waals surface area contributed by atoms with Crippen LogP contribution in [0.15, 0.2) is 35.9 Å². The lowest BCUT2D eigenvalue weighted by atomic mass is 10.1. The maximum absolute atomic E-state index is 11.9. The molecule has 1 aromatic carbocycles. The van der Waals surface area contributed by atoms with Gasteiger partial charge in [-0.25, -0.2) is 0 Å². The van der Waals surface area contributed by atoms with Crippen molar-refractivity contribution in [1.82, 2.24) is 10.6 Å². The first-order valence-corrected chi connectivity index (χ1v) is 7.05. The van der Waals surface area contributed by atoms with E-state index in [-0.39, 0.29) is 5.91 Å². The zero-order valence-electron chi connectivity index (χ0n) is 11.5. The summed E-state index contributed by atoms with van der Waals surface area (Å²) in [6.07, 6.45) is 5.29. The molecule has 19 heavy (non-hydrogen) atoms. The number of hydrogen-bond acceptors (Lipinski definition) is 2. The predicted molar refractivity (Wildman–Crippen MR) is 78.3 cm³/mol. The van der Waals surface area contributed by atoms with Crippen LogP contribution in [0.25, 0.3) is 0 Å². The molecule has 0 aliphatic carbocycles. The van der Waals surface area contributed by atoms with Gasteiger partial charge in [0.15, 0.2) is 0 Å². The van der Waals surface area contributed by atoms with Crippen molar-refractivity contribution in [2.24, 2.45) is 0 Å². The Morgan fingerprint density at radius 1 is 1.32 bits per heavy atom. The van der Waals surface area contributed by atoms with Gasteiger partial charge in [0.25, 0.3) is 5.91 Å². The molecular formula is C16H22N2O.